The van der Waals surface area contributed by atoms with Gasteiger partial charge in [0.15, 0.2) is 11.6 Å². The second-order valence-corrected chi connectivity index (χ2v) is 10.7. The van der Waals surface area contributed by atoms with Crippen molar-refractivity contribution in [2.75, 3.05) is 5.32 Å². The lowest BCUT2D eigenvalue weighted by atomic mass is 9.69. The summed E-state index contributed by atoms with van der Waals surface area (Å²) < 4.78 is 28.3. The van der Waals surface area contributed by atoms with E-state index >= 15 is 0 Å². The molecule has 4 aromatic rings. The molecule has 5 rings (SSSR count). The molecule has 0 saturated heterocycles. The monoisotopic (exact) mass is 538 g/mol. The van der Waals surface area contributed by atoms with Crippen molar-refractivity contribution in [3.05, 3.63) is 107 Å². The molecule has 0 spiro atoms. The lowest BCUT2D eigenvalue weighted by Gasteiger charge is -2.40. The molecule has 1 aromatic heterocycles. The Morgan fingerprint density at radius 2 is 1.65 bits per heavy atom. The number of anilines is 1. The Bertz CT molecular complexity index is 1630. The highest BCUT2D eigenvalue weighted by molar-refractivity contribution is 5.94. The molecule has 0 bridgehead atoms. The summed E-state index contributed by atoms with van der Waals surface area (Å²) in [5, 5.41) is 25.7. The number of rotatable bonds is 4. The third kappa shape index (κ3) is 5.16. The molecule has 0 fully saturated rings. The number of urea groups is 1. The third-order valence-electron chi connectivity index (χ3n) is 7.34. The molecular weight excluding hydrogens is 510 g/mol. The van der Waals surface area contributed by atoms with Gasteiger partial charge in [0.25, 0.3) is 0 Å². The predicted octanol–water partition coefficient (Wildman–Crippen LogP) is 6.78. The van der Waals surface area contributed by atoms with Gasteiger partial charge >= 0.3 is 6.03 Å². The predicted molar refractivity (Wildman–Crippen MR) is 149 cm³/mol. The number of nitrogens with zero attached hydrogens (tertiary/aromatic N) is 2. The fourth-order valence-corrected chi connectivity index (χ4v) is 5.36. The topological polar surface area (TPSA) is 98.0 Å². The number of aromatic nitrogens is 1. The van der Waals surface area contributed by atoms with E-state index in [1.54, 1.807) is 12.1 Å². The summed E-state index contributed by atoms with van der Waals surface area (Å²) in [6.45, 7) is 5.57. The molecule has 0 radical (unpaired) electrons. The van der Waals surface area contributed by atoms with Crippen LogP contribution in [0.5, 0.6) is 0 Å². The molecule has 202 valence electrons. The van der Waals surface area contributed by atoms with Gasteiger partial charge in [-0.25, -0.2) is 18.6 Å². The number of benzene rings is 3. The van der Waals surface area contributed by atoms with Crippen LogP contribution in [0.1, 0.15) is 48.6 Å². The Balaban J connectivity index is 1.50. The van der Waals surface area contributed by atoms with Gasteiger partial charge in [-0.2, -0.15) is 5.26 Å². The molecule has 8 heteroatoms. The molecule has 3 aromatic carbocycles. The normalized spacial score (nSPS) is 17.4. The number of aliphatic hydroxyl groups excluding tert-OH is 1. The van der Waals surface area contributed by atoms with Crippen molar-refractivity contribution < 1.29 is 18.7 Å². The van der Waals surface area contributed by atoms with Crippen LogP contribution in [-0.2, 0) is 5.41 Å². The summed E-state index contributed by atoms with van der Waals surface area (Å²) in [5.74, 6) is -2.01. The maximum Gasteiger partial charge on any atom is 0.319 e. The number of nitrogens with one attached hydrogen (secondary N) is 2. The summed E-state index contributed by atoms with van der Waals surface area (Å²) >= 11 is 0. The van der Waals surface area contributed by atoms with E-state index in [2.05, 4.69) is 16.7 Å². The smallest absolute Gasteiger partial charge is 0.319 e. The number of nitriles is 1. The van der Waals surface area contributed by atoms with Crippen LogP contribution in [0, 0.1) is 29.9 Å². The van der Waals surface area contributed by atoms with E-state index < -0.39 is 35.2 Å². The first-order valence-electron chi connectivity index (χ1n) is 12.9. The van der Waals surface area contributed by atoms with Crippen LogP contribution in [0.3, 0.4) is 0 Å². The van der Waals surface area contributed by atoms with Crippen LogP contribution in [0.25, 0.3) is 22.5 Å². The number of aryl methyl sites for hydroxylation is 1. The second kappa shape index (κ2) is 10.5. The maximum absolute atomic E-state index is 14.2. The first-order valence-corrected chi connectivity index (χ1v) is 12.9. The molecule has 6 nitrogen and oxygen atoms in total. The number of aliphatic hydroxyl groups is 1. The van der Waals surface area contributed by atoms with E-state index in [-0.39, 0.29) is 6.42 Å². The van der Waals surface area contributed by atoms with E-state index in [4.69, 9.17) is 10.2 Å². The molecule has 1 aliphatic rings. The van der Waals surface area contributed by atoms with Gasteiger partial charge in [0.05, 0.1) is 40.9 Å². The molecule has 0 aliphatic heterocycles. The second-order valence-electron chi connectivity index (χ2n) is 10.7. The summed E-state index contributed by atoms with van der Waals surface area (Å²) in [7, 11) is 0. The van der Waals surface area contributed by atoms with Crippen molar-refractivity contribution in [2.24, 2.45) is 0 Å². The van der Waals surface area contributed by atoms with Gasteiger partial charge in [-0.05, 0) is 65.8 Å². The number of halogens is 2. The number of amides is 2. The molecule has 1 aliphatic carbocycles. The van der Waals surface area contributed by atoms with Gasteiger partial charge < -0.3 is 15.7 Å². The molecule has 2 amide bonds. The number of carbonyl (C=O) groups is 1. The number of hydrogen-bond acceptors (Lipinski definition) is 4. The summed E-state index contributed by atoms with van der Waals surface area (Å²) in [5.41, 5.74) is 4.86. The first-order chi connectivity index (χ1) is 19.1. The van der Waals surface area contributed by atoms with Gasteiger partial charge in [-0.3, -0.25) is 0 Å². The molecule has 2 atom stereocenters. The van der Waals surface area contributed by atoms with Gasteiger partial charge in [-0.15, -0.1) is 0 Å². The molecule has 40 heavy (non-hydrogen) atoms. The zero-order valence-electron chi connectivity index (χ0n) is 22.3. The molecular formula is C32H28F2N4O2. The quantitative estimate of drug-likeness (QED) is 0.267. The zero-order valence-corrected chi connectivity index (χ0v) is 22.3. The lowest BCUT2D eigenvalue weighted by Crippen LogP contribution is -2.45. The first kappa shape index (κ1) is 27.0. The fourth-order valence-electron chi connectivity index (χ4n) is 5.36. The largest absolute Gasteiger partial charge is 0.391 e. The summed E-state index contributed by atoms with van der Waals surface area (Å²) in [6.07, 6.45) is -0.754. The minimum Gasteiger partial charge on any atom is -0.391 e. The Morgan fingerprint density at radius 1 is 1.00 bits per heavy atom. The SMILES string of the molecule is Cc1cc(NC(=O)NC2c3cc(F)c(F)cc3C(C)(C)C[C@H]2O)c(-c2ccccc2)nc1-c1ccc(C#N)cc1. The van der Waals surface area contributed by atoms with Gasteiger partial charge in [0, 0.05) is 11.1 Å². The highest BCUT2D eigenvalue weighted by Gasteiger charge is 2.40. The molecule has 1 unspecified atom stereocenters. The highest BCUT2D eigenvalue weighted by Crippen LogP contribution is 2.42. The van der Waals surface area contributed by atoms with Crippen molar-refractivity contribution in [1.29, 1.82) is 5.26 Å². The minimum absolute atomic E-state index is 0.255. The van der Waals surface area contributed by atoms with Crippen LogP contribution in [-0.4, -0.2) is 22.2 Å². The van der Waals surface area contributed by atoms with Crippen LogP contribution in [0.4, 0.5) is 19.3 Å². The van der Waals surface area contributed by atoms with E-state index in [1.165, 1.54) is 0 Å². The molecule has 1 heterocycles. The van der Waals surface area contributed by atoms with Crippen LogP contribution < -0.4 is 10.6 Å². The average molecular weight is 539 g/mol. The maximum atomic E-state index is 14.2. The van der Waals surface area contributed by atoms with Crippen molar-refractivity contribution in [1.82, 2.24) is 10.3 Å². The van der Waals surface area contributed by atoms with Crippen LogP contribution in [0.2, 0.25) is 0 Å². The fraction of sp³-hybridized carbons (Fsp3) is 0.219. The van der Waals surface area contributed by atoms with Crippen LogP contribution >= 0.6 is 0 Å². The number of hydrogen-bond donors (Lipinski definition) is 3. The van der Waals surface area contributed by atoms with Crippen molar-refractivity contribution in [3.63, 3.8) is 0 Å². The molecule has 3 N–H and O–H groups in total. The molecule has 0 saturated carbocycles. The zero-order chi connectivity index (χ0) is 28.6. The third-order valence-corrected chi connectivity index (χ3v) is 7.34. The number of fused-ring (bicyclic) bond motifs is 1. The minimum atomic E-state index is -1.04. The Labute approximate surface area is 231 Å². The average Bonchev–Trinajstić information content (AvgIpc) is 2.93. The Morgan fingerprint density at radius 3 is 2.33 bits per heavy atom. The van der Waals surface area contributed by atoms with Crippen molar-refractivity contribution in [3.8, 4) is 28.6 Å². The highest BCUT2D eigenvalue weighted by atomic mass is 19.2. The standard InChI is InChI=1S/C32H28F2N4O2/c1-18-13-26(29(20-7-5-4-6-8-20)37-28(18)21-11-9-19(17-35)10-12-21)36-31(40)38-30-22-14-24(33)25(34)15-23(22)32(2,3)16-27(30)39/h4-15,27,30,39H,16H2,1-3H3,(H2,36,38,40)/t27-,30?/m1/s1. The Kier molecular flexibility index (Phi) is 7.09. The van der Waals surface area contributed by atoms with E-state index in [9.17, 15) is 18.7 Å². The van der Waals surface area contributed by atoms with E-state index in [0.29, 0.717) is 33.8 Å². The lowest BCUT2D eigenvalue weighted by molar-refractivity contribution is 0.0878. The summed E-state index contributed by atoms with van der Waals surface area (Å²) in [4.78, 5) is 18.2. The van der Waals surface area contributed by atoms with Crippen molar-refractivity contribution >= 4 is 11.7 Å². The van der Waals surface area contributed by atoms with Gasteiger partial charge in [-0.1, -0.05) is 56.3 Å². The number of pyridine rings is 1. The Hall–Kier alpha value is -4.61. The van der Waals surface area contributed by atoms with Crippen molar-refractivity contribution in [2.45, 2.75) is 44.8 Å². The van der Waals surface area contributed by atoms with Crippen LogP contribution in [0.15, 0.2) is 72.8 Å². The number of carbonyl (C=O) groups excluding carboxylic acids is 1. The summed E-state index contributed by atoms with van der Waals surface area (Å²) in [6, 6.07) is 21.0. The van der Waals surface area contributed by atoms with Gasteiger partial charge in [0.1, 0.15) is 0 Å². The van der Waals surface area contributed by atoms with Gasteiger partial charge in [0.2, 0.25) is 0 Å². The van der Waals surface area contributed by atoms with E-state index in [1.807, 2.05) is 69.3 Å². The van der Waals surface area contributed by atoms with E-state index in [0.717, 1.165) is 28.8 Å².